The second kappa shape index (κ2) is 12.9. The molecule has 1 N–H and O–H groups in total. The first-order valence-electron chi connectivity index (χ1n) is 12.9. The van der Waals surface area contributed by atoms with Crippen molar-refractivity contribution in [1.29, 1.82) is 0 Å². The molecule has 0 spiro atoms. The average Bonchev–Trinajstić information content (AvgIpc) is 2.89. The highest BCUT2D eigenvalue weighted by Crippen LogP contribution is 2.33. The van der Waals surface area contributed by atoms with Gasteiger partial charge in [0.2, 0.25) is 0 Å². The number of alkyl halides is 2. The minimum atomic E-state index is -2.75. The molecule has 0 amide bonds. The molecule has 5 heteroatoms. The number of likely N-dealkylation sites (tertiary alicyclic amines) is 1. The van der Waals surface area contributed by atoms with Crippen LogP contribution in [0.4, 0.5) is 8.78 Å². The van der Waals surface area contributed by atoms with E-state index in [1.54, 1.807) is 18.3 Å². The monoisotopic (exact) mass is 477 g/mol. The molecule has 2 heterocycles. The predicted molar refractivity (Wildman–Crippen MR) is 139 cm³/mol. The molecule has 186 valence electrons. The summed E-state index contributed by atoms with van der Waals surface area (Å²) in [5, 5.41) is 2.96. The third kappa shape index (κ3) is 7.94. The fraction of sp³-hybridized carbons (Fsp3) is 0.433. The lowest BCUT2D eigenvalue weighted by molar-refractivity contribution is 0.00267. The van der Waals surface area contributed by atoms with Gasteiger partial charge in [-0.1, -0.05) is 79.6 Å². The number of aromatic nitrogens is 1. The Labute approximate surface area is 208 Å². The van der Waals surface area contributed by atoms with Crippen LogP contribution < -0.4 is 5.32 Å². The van der Waals surface area contributed by atoms with Gasteiger partial charge in [0, 0.05) is 18.8 Å². The van der Waals surface area contributed by atoms with Crippen LogP contribution in [0, 0.1) is 5.92 Å². The van der Waals surface area contributed by atoms with Gasteiger partial charge in [-0.2, -0.15) is 0 Å². The molecule has 1 fully saturated rings. The van der Waals surface area contributed by atoms with E-state index >= 15 is 0 Å². The van der Waals surface area contributed by atoms with Gasteiger partial charge in [-0.05, 0) is 67.6 Å². The average molecular weight is 478 g/mol. The summed E-state index contributed by atoms with van der Waals surface area (Å²) in [6.07, 6.45) is 8.48. The van der Waals surface area contributed by atoms with Crippen molar-refractivity contribution in [2.45, 2.75) is 50.5 Å². The van der Waals surface area contributed by atoms with E-state index in [2.05, 4.69) is 75.9 Å². The number of unbranched alkanes of at least 4 members (excludes halogenated alkanes) is 1. The molecule has 1 aliphatic rings. The first-order chi connectivity index (χ1) is 17.1. The molecule has 0 saturated carbocycles. The van der Waals surface area contributed by atoms with E-state index in [1.165, 1.54) is 36.6 Å². The second-order valence-electron chi connectivity index (χ2n) is 9.77. The van der Waals surface area contributed by atoms with Gasteiger partial charge in [0.25, 0.3) is 5.92 Å². The minimum Gasteiger partial charge on any atom is -0.311 e. The van der Waals surface area contributed by atoms with Crippen LogP contribution in [0.5, 0.6) is 0 Å². The van der Waals surface area contributed by atoms with Crippen molar-refractivity contribution in [3.05, 3.63) is 102 Å². The molecule has 2 aromatic carbocycles. The topological polar surface area (TPSA) is 28.2 Å². The standard InChI is InChI=1S/C30H37F2N3/c31-30(32,22-26-11-9-19-33-23-26)24-34-18-8-7-10-25-16-20-35(21-17-25)29(27-12-3-1-4-13-27)28-14-5-2-6-15-28/h1-6,9,11-15,19,23,25,29,34H,7-8,10,16-18,20-22,24H2. The highest BCUT2D eigenvalue weighted by atomic mass is 19.3. The van der Waals surface area contributed by atoms with E-state index in [4.69, 9.17) is 0 Å². The van der Waals surface area contributed by atoms with Crippen LogP contribution in [-0.4, -0.2) is 42.0 Å². The molecule has 1 aliphatic heterocycles. The summed E-state index contributed by atoms with van der Waals surface area (Å²) in [6, 6.07) is 25.3. The zero-order valence-electron chi connectivity index (χ0n) is 20.5. The number of piperidine rings is 1. The molecule has 0 radical (unpaired) electrons. The van der Waals surface area contributed by atoms with E-state index in [0.29, 0.717) is 18.2 Å². The molecule has 1 saturated heterocycles. The normalized spacial score (nSPS) is 15.5. The number of rotatable bonds is 12. The van der Waals surface area contributed by atoms with Crippen LogP contribution in [0.3, 0.4) is 0 Å². The molecular weight excluding hydrogens is 440 g/mol. The Morgan fingerprint density at radius 2 is 1.54 bits per heavy atom. The van der Waals surface area contributed by atoms with E-state index < -0.39 is 5.92 Å². The molecule has 4 rings (SSSR count). The summed E-state index contributed by atoms with van der Waals surface area (Å²) in [7, 11) is 0. The molecule has 1 aromatic heterocycles. The number of benzene rings is 2. The van der Waals surface area contributed by atoms with E-state index in [9.17, 15) is 8.78 Å². The number of hydrogen-bond donors (Lipinski definition) is 1. The second-order valence-corrected chi connectivity index (χ2v) is 9.77. The van der Waals surface area contributed by atoms with Crippen LogP contribution in [-0.2, 0) is 6.42 Å². The van der Waals surface area contributed by atoms with Crippen LogP contribution in [0.25, 0.3) is 0 Å². The first kappa shape index (κ1) is 25.5. The summed E-state index contributed by atoms with van der Waals surface area (Å²) in [5.41, 5.74) is 3.28. The third-order valence-electron chi connectivity index (χ3n) is 7.03. The molecule has 0 bridgehead atoms. The Bertz CT molecular complexity index is 935. The maximum Gasteiger partial charge on any atom is 0.264 e. The summed E-state index contributed by atoms with van der Waals surface area (Å²) in [5.74, 6) is -2.02. The third-order valence-corrected chi connectivity index (χ3v) is 7.03. The van der Waals surface area contributed by atoms with Gasteiger partial charge >= 0.3 is 0 Å². The Morgan fingerprint density at radius 3 is 2.14 bits per heavy atom. The largest absolute Gasteiger partial charge is 0.311 e. The smallest absolute Gasteiger partial charge is 0.264 e. The molecule has 3 nitrogen and oxygen atoms in total. The zero-order chi connectivity index (χ0) is 24.3. The maximum absolute atomic E-state index is 14.2. The molecule has 0 aliphatic carbocycles. The van der Waals surface area contributed by atoms with E-state index in [1.807, 2.05) is 0 Å². The fourth-order valence-corrected chi connectivity index (χ4v) is 5.20. The van der Waals surface area contributed by atoms with Crippen molar-refractivity contribution in [3.8, 4) is 0 Å². The zero-order valence-corrected chi connectivity index (χ0v) is 20.5. The number of nitrogens with zero attached hydrogens (tertiary/aromatic N) is 2. The van der Waals surface area contributed by atoms with Crippen molar-refractivity contribution in [2.24, 2.45) is 5.92 Å². The summed E-state index contributed by atoms with van der Waals surface area (Å²) in [6.45, 7) is 2.56. The summed E-state index contributed by atoms with van der Waals surface area (Å²) in [4.78, 5) is 6.54. The lowest BCUT2D eigenvalue weighted by atomic mass is 9.88. The van der Waals surface area contributed by atoms with Crippen molar-refractivity contribution in [2.75, 3.05) is 26.2 Å². The number of pyridine rings is 1. The number of hydrogen-bond acceptors (Lipinski definition) is 3. The van der Waals surface area contributed by atoms with Crippen LogP contribution in [0.2, 0.25) is 0 Å². The van der Waals surface area contributed by atoms with Crippen LogP contribution in [0.15, 0.2) is 85.2 Å². The molecule has 3 aromatic rings. The number of halogens is 2. The molecule has 0 atom stereocenters. The summed E-state index contributed by atoms with van der Waals surface area (Å²) >= 11 is 0. The van der Waals surface area contributed by atoms with Crippen LogP contribution >= 0.6 is 0 Å². The fourth-order valence-electron chi connectivity index (χ4n) is 5.20. The molecular formula is C30H37F2N3. The molecule has 35 heavy (non-hydrogen) atoms. The minimum absolute atomic E-state index is 0.265. The van der Waals surface area contributed by atoms with Gasteiger partial charge in [-0.25, -0.2) is 8.78 Å². The first-order valence-corrected chi connectivity index (χ1v) is 12.9. The van der Waals surface area contributed by atoms with E-state index in [-0.39, 0.29) is 13.0 Å². The lowest BCUT2D eigenvalue weighted by Gasteiger charge is -2.38. The van der Waals surface area contributed by atoms with Gasteiger partial charge in [0.15, 0.2) is 0 Å². The van der Waals surface area contributed by atoms with Gasteiger partial charge in [0.05, 0.1) is 12.6 Å². The van der Waals surface area contributed by atoms with E-state index in [0.717, 1.165) is 31.8 Å². The van der Waals surface area contributed by atoms with Crippen molar-refractivity contribution < 1.29 is 8.78 Å². The van der Waals surface area contributed by atoms with Gasteiger partial charge in [-0.15, -0.1) is 0 Å². The van der Waals surface area contributed by atoms with Crippen molar-refractivity contribution >= 4 is 0 Å². The summed E-state index contributed by atoms with van der Waals surface area (Å²) < 4.78 is 28.3. The number of nitrogens with one attached hydrogen (secondary N) is 1. The Kier molecular flexibility index (Phi) is 9.38. The van der Waals surface area contributed by atoms with Crippen molar-refractivity contribution in [1.82, 2.24) is 15.2 Å². The van der Waals surface area contributed by atoms with Crippen LogP contribution in [0.1, 0.15) is 54.8 Å². The Balaban J connectivity index is 1.16. The lowest BCUT2D eigenvalue weighted by Crippen LogP contribution is -2.37. The maximum atomic E-state index is 14.2. The highest BCUT2D eigenvalue weighted by molar-refractivity contribution is 5.31. The quantitative estimate of drug-likeness (QED) is 0.301. The Morgan fingerprint density at radius 1 is 0.886 bits per heavy atom. The SMILES string of the molecule is FC(F)(CNCCCCC1CCN(C(c2ccccc2)c2ccccc2)CC1)Cc1cccnc1. The highest BCUT2D eigenvalue weighted by Gasteiger charge is 2.29. The Hall–Kier alpha value is -2.63. The van der Waals surface area contributed by atoms with Gasteiger partial charge in [0.1, 0.15) is 0 Å². The van der Waals surface area contributed by atoms with Gasteiger partial charge in [-0.3, -0.25) is 9.88 Å². The predicted octanol–water partition coefficient (Wildman–Crippen LogP) is 6.52. The molecule has 0 unspecified atom stereocenters. The van der Waals surface area contributed by atoms with Gasteiger partial charge < -0.3 is 5.32 Å². The van der Waals surface area contributed by atoms with Crippen molar-refractivity contribution in [3.63, 3.8) is 0 Å².